The van der Waals surface area contributed by atoms with Crippen molar-refractivity contribution in [1.82, 2.24) is 0 Å². The lowest BCUT2D eigenvalue weighted by Crippen LogP contribution is -2.21. The molecule has 0 aliphatic rings. The van der Waals surface area contributed by atoms with Crippen molar-refractivity contribution >= 4 is 61.0 Å². The van der Waals surface area contributed by atoms with E-state index < -0.39 is 11.9 Å². The largest absolute Gasteiger partial charge is 0.456 e. The molecule has 0 aromatic heterocycles. The predicted molar refractivity (Wildman–Crippen MR) is 120 cm³/mol. The van der Waals surface area contributed by atoms with Crippen LogP contribution in [0.5, 0.6) is 0 Å². The minimum absolute atomic E-state index is 0.0690. The molecule has 0 radical (unpaired) electrons. The van der Waals surface area contributed by atoms with Gasteiger partial charge in [-0.25, -0.2) is 0 Å². The van der Waals surface area contributed by atoms with Crippen molar-refractivity contribution in [2.75, 3.05) is 17.2 Å². The van der Waals surface area contributed by atoms with Crippen LogP contribution in [0.3, 0.4) is 0 Å². The summed E-state index contributed by atoms with van der Waals surface area (Å²) in [6.45, 7) is 1.63. The Morgan fingerprint density at radius 2 is 1.59 bits per heavy atom. The first-order valence-electron chi connectivity index (χ1n) is 9.16. The summed E-state index contributed by atoms with van der Waals surface area (Å²) in [4.78, 5) is 35.7. The smallest absolute Gasteiger partial charge is 0.306 e. The number of amides is 2. The summed E-state index contributed by atoms with van der Waals surface area (Å²) in [6.07, 6.45) is 1.36. The van der Waals surface area contributed by atoms with Gasteiger partial charge in [-0.05, 0) is 60.9 Å². The number of rotatable bonds is 9. The van der Waals surface area contributed by atoms with Gasteiger partial charge in [-0.15, -0.1) is 0 Å². The van der Waals surface area contributed by atoms with Crippen molar-refractivity contribution in [3.63, 3.8) is 0 Å². The second kappa shape index (κ2) is 11.7. The van der Waals surface area contributed by atoms with Gasteiger partial charge in [0.2, 0.25) is 5.91 Å². The molecule has 0 saturated heterocycles. The van der Waals surface area contributed by atoms with Crippen LogP contribution in [0.15, 0.2) is 51.4 Å². The zero-order chi connectivity index (χ0) is 21.2. The van der Waals surface area contributed by atoms with E-state index in [1.807, 2.05) is 31.2 Å². The van der Waals surface area contributed by atoms with Crippen molar-refractivity contribution in [2.24, 2.45) is 0 Å². The van der Waals surface area contributed by atoms with Gasteiger partial charge in [0.15, 0.2) is 6.61 Å². The number of carbonyl (C=O) groups excluding carboxylic acids is 3. The molecule has 2 aromatic rings. The van der Waals surface area contributed by atoms with Crippen LogP contribution >= 0.6 is 31.9 Å². The third kappa shape index (κ3) is 8.37. The molecular formula is C21H22Br2N2O4. The monoisotopic (exact) mass is 524 g/mol. The van der Waals surface area contributed by atoms with E-state index in [-0.39, 0.29) is 25.4 Å². The van der Waals surface area contributed by atoms with Crippen molar-refractivity contribution in [3.05, 3.63) is 57.0 Å². The number of ether oxygens (including phenoxy) is 1. The number of aryl methyl sites for hydroxylation is 1. The van der Waals surface area contributed by atoms with E-state index >= 15 is 0 Å². The number of benzene rings is 2. The highest BCUT2D eigenvalue weighted by atomic mass is 79.9. The van der Waals surface area contributed by atoms with Crippen molar-refractivity contribution in [2.45, 2.75) is 32.6 Å². The Balaban J connectivity index is 1.67. The van der Waals surface area contributed by atoms with Gasteiger partial charge >= 0.3 is 5.97 Å². The molecule has 2 N–H and O–H groups in total. The Hall–Kier alpha value is -2.19. The maximum Gasteiger partial charge on any atom is 0.306 e. The molecular weight excluding hydrogens is 504 g/mol. The summed E-state index contributed by atoms with van der Waals surface area (Å²) in [5, 5.41) is 5.50. The van der Waals surface area contributed by atoms with Crippen LogP contribution in [-0.2, 0) is 25.5 Å². The number of hydrogen-bond acceptors (Lipinski definition) is 4. The van der Waals surface area contributed by atoms with Gasteiger partial charge in [-0.1, -0.05) is 38.8 Å². The van der Waals surface area contributed by atoms with Crippen LogP contribution in [-0.4, -0.2) is 24.4 Å². The maximum atomic E-state index is 12.0. The van der Waals surface area contributed by atoms with E-state index in [1.54, 1.807) is 18.2 Å². The van der Waals surface area contributed by atoms with Gasteiger partial charge in [-0.2, -0.15) is 0 Å². The zero-order valence-corrected chi connectivity index (χ0v) is 19.1. The highest BCUT2D eigenvalue weighted by molar-refractivity contribution is 9.10. The molecule has 0 unspecified atom stereocenters. The van der Waals surface area contributed by atoms with Crippen LogP contribution < -0.4 is 10.6 Å². The molecule has 2 aromatic carbocycles. The Bertz CT molecular complexity index is 869. The topological polar surface area (TPSA) is 84.5 Å². The summed E-state index contributed by atoms with van der Waals surface area (Å²) in [5.41, 5.74) is 2.37. The molecule has 154 valence electrons. The molecule has 0 saturated carbocycles. The van der Waals surface area contributed by atoms with Gasteiger partial charge in [-0.3, -0.25) is 14.4 Å². The Kier molecular flexibility index (Phi) is 9.34. The molecule has 0 aliphatic carbocycles. The van der Waals surface area contributed by atoms with Gasteiger partial charge in [0, 0.05) is 33.2 Å². The lowest BCUT2D eigenvalue weighted by atomic mass is 10.1. The zero-order valence-electron chi connectivity index (χ0n) is 16.0. The van der Waals surface area contributed by atoms with E-state index in [2.05, 4.69) is 42.5 Å². The Labute approximate surface area is 186 Å². The predicted octanol–water partition coefficient (Wildman–Crippen LogP) is 5.06. The van der Waals surface area contributed by atoms with E-state index in [0.29, 0.717) is 17.8 Å². The first kappa shape index (κ1) is 23.1. The number of hydrogen-bond donors (Lipinski definition) is 2. The standard InChI is InChI=1S/C21H22Br2N2O4/c1-2-14-12-16(23)8-11-18(14)25-20(27)13-29-21(28)5-3-4-19(26)24-17-9-6-15(22)7-10-17/h6-12H,2-5,13H2,1H3,(H,24,26)(H,25,27). The van der Waals surface area contributed by atoms with E-state index in [4.69, 9.17) is 4.74 Å². The summed E-state index contributed by atoms with van der Waals surface area (Å²) < 4.78 is 6.85. The van der Waals surface area contributed by atoms with Crippen LogP contribution in [0, 0.1) is 0 Å². The van der Waals surface area contributed by atoms with Crippen molar-refractivity contribution < 1.29 is 19.1 Å². The average molecular weight is 526 g/mol. The lowest BCUT2D eigenvalue weighted by Gasteiger charge is -2.11. The third-order valence-electron chi connectivity index (χ3n) is 4.00. The summed E-state index contributed by atoms with van der Waals surface area (Å²) in [5.74, 6) is -1.09. The quantitative estimate of drug-likeness (QED) is 0.448. The molecule has 0 aliphatic heterocycles. The lowest BCUT2D eigenvalue weighted by molar-refractivity contribution is -0.147. The van der Waals surface area contributed by atoms with E-state index in [1.165, 1.54) is 0 Å². The minimum Gasteiger partial charge on any atom is -0.456 e. The van der Waals surface area contributed by atoms with Crippen molar-refractivity contribution in [1.29, 1.82) is 0 Å². The maximum absolute atomic E-state index is 12.0. The second-order valence-corrected chi connectivity index (χ2v) is 8.10. The molecule has 8 heteroatoms. The second-order valence-electron chi connectivity index (χ2n) is 6.27. The molecule has 0 atom stereocenters. The highest BCUT2D eigenvalue weighted by Crippen LogP contribution is 2.21. The average Bonchev–Trinajstić information content (AvgIpc) is 2.69. The minimum atomic E-state index is -0.511. The molecule has 2 amide bonds. The Morgan fingerprint density at radius 1 is 0.897 bits per heavy atom. The molecule has 0 spiro atoms. The van der Waals surface area contributed by atoms with E-state index in [0.717, 1.165) is 20.9 Å². The van der Waals surface area contributed by atoms with Gasteiger partial charge in [0.05, 0.1) is 0 Å². The van der Waals surface area contributed by atoms with Crippen molar-refractivity contribution in [3.8, 4) is 0 Å². The fourth-order valence-corrected chi connectivity index (χ4v) is 3.20. The fourth-order valence-electron chi connectivity index (χ4n) is 2.53. The Morgan fingerprint density at radius 3 is 2.28 bits per heavy atom. The van der Waals surface area contributed by atoms with Crippen LogP contribution in [0.1, 0.15) is 31.7 Å². The highest BCUT2D eigenvalue weighted by Gasteiger charge is 2.11. The van der Waals surface area contributed by atoms with Gasteiger partial charge in [0.1, 0.15) is 0 Å². The number of nitrogens with one attached hydrogen (secondary N) is 2. The van der Waals surface area contributed by atoms with E-state index in [9.17, 15) is 14.4 Å². The summed E-state index contributed by atoms with van der Waals surface area (Å²) >= 11 is 6.72. The molecule has 0 heterocycles. The SMILES string of the molecule is CCc1cc(Br)ccc1NC(=O)COC(=O)CCCC(=O)Nc1ccc(Br)cc1. The molecule has 6 nitrogen and oxygen atoms in total. The van der Waals surface area contributed by atoms with Crippen LogP contribution in [0.25, 0.3) is 0 Å². The number of esters is 1. The number of halogens is 2. The molecule has 2 rings (SSSR count). The van der Waals surface area contributed by atoms with Crippen LogP contribution in [0.4, 0.5) is 11.4 Å². The van der Waals surface area contributed by atoms with Gasteiger partial charge < -0.3 is 15.4 Å². The first-order chi connectivity index (χ1) is 13.9. The molecule has 0 bridgehead atoms. The third-order valence-corrected chi connectivity index (χ3v) is 5.02. The van der Waals surface area contributed by atoms with Gasteiger partial charge in [0.25, 0.3) is 5.91 Å². The van der Waals surface area contributed by atoms with Crippen LogP contribution in [0.2, 0.25) is 0 Å². The summed E-state index contributed by atoms with van der Waals surface area (Å²) in [6, 6.07) is 12.8. The normalized spacial score (nSPS) is 10.3. The molecule has 29 heavy (non-hydrogen) atoms. The number of anilines is 2. The fraction of sp³-hybridized carbons (Fsp3) is 0.286. The number of carbonyl (C=O) groups is 3. The summed E-state index contributed by atoms with van der Waals surface area (Å²) in [7, 11) is 0. The first-order valence-corrected chi connectivity index (χ1v) is 10.7. The molecule has 0 fully saturated rings.